The molecule has 0 amide bonds. The molecule has 0 unspecified atom stereocenters. The maximum absolute atomic E-state index is 10.7. The van der Waals surface area contributed by atoms with Gasteiger partial charge in [0, 0.05) is 12.4 Å². The minimum atomic E-state index is -0.231. The lowest BCUT2D eigenvalue weighted by Gasteiger charge is -1.92. The van der Waals surface area contributed by atoms with Crippen molar-refractivity contribution in [1.82, 2.24) is 4.98 Å². The van der Waals surface area contributed by atoms with Gasteiger partial charge in [0.15, 0.2) is 0 Å². The van der Waals surface area contributed by atoms with Crippen molar-refractivity contribution < 1.29 is 9.53 Å². The highest BCUT2D eigenvalue weighted by atomic mass is 16.5. The number of hydrogen-bond acceptors (Lipinski definition) is 3. The second-order valence-electron chi connectivity index (χ2n) is 2.46. The fourth-order valence-corrected chi connectivity index (χ4v) is 0.849. The molecule has 3 nitrogen and oxygen atoms in total. The van der Waals surface area contributed by atoms with Crippen LogP contribution in [0.4, 0.5) is 0 Å². The van der Waals surface area contributed by atoms with E-state index in [1.807, 2.05) is 18.2 Å². The van der Waals surface area contributed by atoms with Crippen LogP contribution in [0.1, 0.15) is 12.0 Å². The van der Waals surface area contributed by atoms with Crippen LogP contribution in [0.25, 0.3) is 6.08 Å². The van der Waals surface area contributed by atoms with Gasteiger partial charge in [-0.15, -0.1) is 0 Å². The van der Waals surface area contributed by atoms with Gasteiger partial charge in [-0.3, -0.25) is 9.78 Å². The summed E-state index contributed by atoms with van der Waals surface area (Å²) in [6.07, 6.45) is 7.34. The maximum atomic E-state index is 10.7. The molecule has 3 heteroatoms. The second-order valence-corrected chi connectivity index (χ2v) is 2.46. The van der Waals surface area contributed by atoms with Gasteiger partial charge in [-0.2, -0.15) is 0 Å². The molecule has 0 aliphatic heterocycles. The highest BCUT2D eigenvalue weighted by molar-refractivity contribution is 5.72. The van der Waals surface area contributed by atoms with Gasteiger partial charge in [0.25, 0.3) is 0 Å². The largest absolute Gasteiger partial charge is 0.469 e. The van der Waals surface area contributed by atoms with Gasteiger partial charge in [0.1, 0.15) is 0 Å². The number of esters is 1. The molecule has 0 atom stereocenters. The van der Waals surface area contributed by atoms with Crippen molar-refractivity contribution in [3.8, 4) is 0 Å². The molecule has 68 valence electrons. The van der Waals surface area contributed by atoms with E-state index in [1.165, 1.54) is 7.11 Å². The lowest BCUT2D eigenvalue weighted by molar-refractivity contribution is -0.139. The zero-order valence-electron chi connectivity index (χ0n) is 7.43. The van der Waals surface area contributed by atoms with E-state index in [0.717, 1.165) is 5.56 Å². The number of ether oxygens (including phenoxy) is 1. The average Bonchev–Trinajstić information content (AvgIpc) is 2.19. The molecule has 0 aliphatic rings. The molecule has 0 fully saturated rings. The lowest BCUT2D eigenvalue weighted by Crippen LogP contribution is -1.96. The number of aromatic nitrogens is 1. The Labute approximate surface area is 77.1 Å². The number of nitrogens with zero attached hydrogens (tertiary/aromatic N) is 1. The van der Waals surface area contributed by atoms with Crippen LogP contribution in [-0.2, 0) is 9.53 Å². The fourth-order valence-electron chi connectivity index (χ4n) is 0.849. The summed E-state index contributed by atoms with van der Waals surface area (Å²) >= 11 is 0. The summed E-state index contributed by atoms with van der Waals surface area (Å²) in [7, 11) is 1.38. The van der Waals surface area contributed by atoms with Gasteiger partial charge < -0.3 is 4.74 Å². The lowest BCUT2D eigenvalue weighted by atomic mass is 10.2. The SMILES string of the molecule is COC(=O)CC=Cc1ccncc1. The molecule has 0 spiro atoms. The molecule has 0 bridgehead atoms. The first-order chi connectivity index (χ1) is 6.33. The minimum Gasteiger partial charge on any atom is -0.469 e. The van der Waals surface area contributed by atoms with Gasteiger partial charge in [0.2, 0.25) is 0 Å². The van der Waals surface area contributed by atoms with Crippen LogP contribution in [-0.4, -0.2) is 18.1 Å². The highest BCUT2D eigenvalue weighted by Crippen LogP contribution is 2.00. The van der Waals surface area contributed by atoms with Crippen molar-refractivity contribution in [3.63, 3.8) is 0 Å². The van der Waals surface area contributed by atoms with Gasteiger partial charge in [0.05, 0.1) is 13.5 Å². The van der Waals surface area contributed by atoms with Crippen LogP contribution in [0.3, 0.4) is 0 Å². The van der Waals surface area contributed by atoms with Crippen LogP contribution in [0.2, 0.25) is 0 Å². The van der Waals surface area contributed by atoms with Crippen molar-refractivity contribution in [2.75, 3.05) is 7.11 Å². The van der Waals surface area contributed by atoms with E-state index in [-0.39, 0.29) is 5.97 Å². The van der Waals surface area contributed by atoms with E-state index in [9.17, 15) is 4.79 Å². The summed E-state index contributed by atoms with van der Waals surface area (Å²) in [5, 5.41) is 0. The van der Waals surface area contributed by atoms with Gasteiger partial charge in [-0.1, -0.05) is 12.2 Å². The Morgan fingerprint density at radius 3 is 2.85 bits per heavy atom. The van der Waals surface area contributed by atoms with Crippen LogP contribution < -0.4 is 0 Å². The maximum Gasteiger partial charge on any atom is 0.309 e. The van der Waals surface area contributed by atoms with Crippen molar-refractivity contribution in [3.05, 3.63) is 36.2 Å². The fraction of sp³-hybridized carbons (Fsp3) is 0.200. The third kappa shape index (κ3) is 3.51. The molecule has 1 aromatic rings. The Balaban J connectivity index is 2.45. The Kier molecular flexibility index (Phi) is 3.70. The van der Waals surface area contributed by atoms with Crippen molar-refractivity contribution in [2.24, 2.45) is 0 Å². The third-order valence-electron chi connectivity index (χ3n) is 1.53. The topological polar surface area (TPSA) is 39.2 Å². The van der Waals surface area contributed by atoms with E-state index in [1.54, 1.807) is 18.5 Å². The highest BCUT2D eigenvalue weighted by Gasteiger charge is 1.93. The number of carbonyl (C=O) groups is 1. The van der Waals surface area contributed by atoms with Crippen molar-refractivity contribution in [1.29, 1.82) is 0 Å². The van der Waals surface area contributed by atoms with Gasteiger partial charge >= 0.3 is 5.97 Å². The van der Waals surface area contributed by atoms with E-state index in [4.69, 9.17) is 0 Å². The summed E-state index contributed by atoms with van der Waals surface area (Å²) in [5.74, 6) is -0.231. The first kappa shape index (κ1) is 9.45. The van der Waals surface area contributed by atoms with Crippen LogP contribution in [0, 0.1) is 0 Å². The zero-order chi connectivity index (χ0) is 9.52. The molecule has 1 aromatic heterocycles. The molecule has 13 heavy (non-hydrogen) atoms. The molecule has 0 aliphatic carbocycles. The predicted molar refractivity (Wildman–Crippen MR) is 49.9 cm³/mol. The summed E-state index contributed by atoms with van der Waals surface area (Å²) in [6.45, 7) is 0. The number of hydrogen-bond donors (Lipinski definition) is 0. The van der Waals surface area contributed by atoms with Crippen molar-refractivity contribution in [2.45, 2.75) is 6.42 Å². The van der Waals surface area contributed by atoms with E-state index < -0.39 is 0 Å². The van der Waals surface area contributed by atoms with E-state index in [2.05, 4.69) is 9.72 Å². The predicted octanol–water partition coefficient (Wildman–Crippen LogP) is 1.66. The molecule has 0 radical (unpaired) electrons. The third-order valence-corrected chi connectivity index (χ3v) is 1.53. The monoisotopic (exact) mass is 177 g/mol. The number of pyridine rings is 1. The van der Waals surface area contributed by atoms with E-state index >= 15 is 0 Å². The Morgan fingerprint density at radius 2 is 2.23 bits per heavy atom. The first-order valence-corrected chi connectivity index (χ1v) is 3.96. The molecule has 0 saturated carbocycles. The normalized spacial score (nSPS) is 10.2. The van der Waals surface area contributed by atoms with Gasteiger partial charge in [-0.05, 0) is 17.7 Å². The van der Waals surface area contributed by atoms with Crippen LogP contribution in [0.5, 0.6) is 0 Å². The smallest absolute Gasteiger partial charge is 0.309 e. The summed E-state index contributed by atoms with van der Waals surface area (Å²) < 4.78 is 4.49. The molecule has 0 saturated heterocycles. The Morgan fingerprint density at radius 1 is 1.54 bits per heavy atom. The summed E-state index contributed by atoms with van der Waals surface area (Å²) in [4.78, 5) is 14.6. The van der Waals surface area contributed by atoms with Gasteiger partial charge in [-0.25, -0.2) is 0 Å². The van der Waals surface area contributed by atoms with E-state index in [0.29, 0.717) is 6.42 Å². The second kappa shape index (κ2) is 5.09. The van der Waals surface area contributed by atoms with Crippen molar-refractivity contribution >= 4 is 12.0 Å². The molecule has 1 heterocycles. The minimum absolute atomic E-state index is 0.231. The van der Waals surface area contributed by atoms with Crippen LogP contribution in [0.15, 0.2) is 30.6 Å². The molecule has 1 rings (SSSR count). The molecule has 0 N–H and O–H groups in total. The number of rotatable bonds is 3. The van der Waals surface area contributed by atoms with Crippen LogP contribution >= 0.6 is 0 Å². The number of carbonyl (C=O) groups excluding carboxylic acids is 1. The summed E-state index contributed by atoms with van der Waals surface area (Å²) in [5.41, 5.74) is 1.03. The Hall–Kier alpha value is -1.64. The zero-order valence-corrected chi connectivity index (χ0v) is 7.43. The molecule has 0 aromatic carbocycles. The number of methoxy groups -OCH3 is 1. The summed E-state index contributed by atoms with van der Waals surface area (Å²) in [6, 6.07) is 3.74. The average molecular weight is 177 g/mol. The standard InChI is InChI=1S/C10H11NO2/c1-13-10(12)4-2-3-9-5-7-11-8-6-9/h2-3,5-8H,4H2,1H3. The molecular formula is C10H11NO2. The quantitative estimate of drug-likeness (QED) is 0.659. The first-order valence-electron chi connectivity index (χ1n) is 3.96. The molecular weight excluding hydrogens is 166 g/mol. The Bertz CT molecular complexity index is 293.